The maximum absolute atomic E-state index is 11.2. The van der Waals surface area contributed by atoms with Crippen LogP contribution < -0.4 is 0 Å². The minimum absolute atomic E-state index is 0.154. The van der Waals surface area contributed by atoms with E-state index >= 15 is 0 Å². The molecule has 1 heterocycles. The Morgan fingerprint density at radius 1 is 1.79 bits per heavy atom. The van der Waals surface area contributed by atoms with E-state index in [0.717, 1.165) is 9.35 Å². The minimum atomic E-state index is -0.303. The summed E-state index contributed by atoms with van der Waals surface area (Å²) in [6, 6.07) is 2.04. The van der Waals surface area contributed by atoms with Gasteiger partial charge in [-0.25, -0.2) is 0 Å². The first-order valence-electron chi connectivity index (χ1n) is 4.00. The fraction of sp³-hybridized carbons (Fsp3) is 0.333. The Hall–Kier alpha value is -0.860. The maximum atomic E-state index is 11.2. The van der Waals surface area contributed by atoms with E-state index in [4.69, 9.17) is 10.00 Å². The highest BCUT2D eigenvalue weighted by Crippen LogP contribution is 2.28. The van der Waals surface area contributed by atoms with Gasteiger partial charge in [-0.1, -0.05) is 0 Å². The molecular weight excluding hydrogens is 266 g/mol. The summed E-state index contributed by atoms with van der Waals surface area (Å²) in [6.07, 6.45) is 0.154. The third-order valence-electron chi connectivity index (χ3n) is 1.59. The van der Waals surface area contributed by atoms with Crippen LogP contribution in [0.2, 0.25) is 0 Å². The van der Waals surface area contributed by atoms with Crippen molar-refractivity contribution in [2.45, 2.75) is 13.3 Å². The normalized spacial score (nSPS) is 9.50. The van der Waals surface area contributed by atoms with E-state index in [-0.39, 0.29) is 12.4 Å². The molecule has 0 amide bonds. The van der Waals surface area contributed by atoms with Crippen molar-refractivity contribution in [3.05, 3.63) is 20.3 Å². The van der Waals surface area contributed by atoms with E-state index in [1.165, 1.54) is 11.3 Å². The summed E-state index contributed by atoms with van der Waals surface area (Å²) in [4.78, 5) is 11.2. The van der Waals surface area contributed by atoms with Crippen molar-refractivity contribution < 1.29 is 9.53 Å². The molecule has 14 heavy (non-hydrogen) atoms. The number of carbonyl (C=O) groups excluding carboxylic acids is 1. The molecule has 0 atom stereocenters. The summed E-state index contributed by atoms with van der Waals surface area (Å²) in [7, 11) is 0. The van der Waals surface area contributed by atoms with E-state index < -0.39 is 0 Å². The molecule has 0 fully saturated rings. The molecule has 0 radical (unpaired) electrons. The molecule has 74 valence electrons. The quantitative estimate of drug-likeness (QED) is 0.796. The number of nitriles is 1. The first kappa shape index (κ1) is 11.2. The van der Waals surface area contributed by atoms with Gasteiger partial charge in [0.15, 0.2) is 0 Å². The molecule has 0 bridgehead atoms. The molecule has 1 aromatic heterocycles. The van der Waals surface area contributed by atoms with Gasteiger partial charge in [0.05, 0.1) is 22.4 Å². The Balaban J connectivity index is 2.80. The van der Waals surface area contributed by atoms with Crippen LogP contribution >= 0.6 is 27.3 Å². The van der Waals surface area contributed by atoms with Crippen molar-refractivity contribution in [2.24, 2.45) is 0 Å². The minimum Gasteiger partial charge on any atom is -0.466 e. The second-order valence-electron chi connectivity index (χ2n) is 2.50. The molecule has 0 aliphatic rings. The Kier molecular flexibility index (Phi) is 4.11. The fourth-order valence-electron chi connectivity index (χ4n) is 0.974. The molecule has 1 rings (SSSR count). The average molecular weight is 274 g/mol. The zero-order valence-electron chi connectivity index (χ0n) is 7.54. The largest absolute Gasteiger partial charge is 0.466 e. The Bertz CT molecular complexity index is 381. The van der Waals surface area contributed by atoms with Crippen LogP contribution in [0.15, 0.2) is 9.17 Å². The Morgan fingerprint density at radius 3 is 3.07 bits per heavy atom. The van der Waals surface area contributed by atoms with Crippen molar-refractivity contribution in [3.8, 4) is 6.07 Å². The van der Waals surface area contributed by atoms with Crippen LogP contribution in [0.3, 0.4) is 0 Å². The molecule has 0 aliphatic carbocycles. The summed E-state index contributed by atoms with van der Waals surface area (Å²) < 4.78 is 5.63. The number of thiophene rings is 1. The zero-order chi connectivity index (χ0) is 10.6. The van der Waals surface area contributed by atoms with Crippen LogP contribution in [0.1, 0.15) is 18.1 Å². The molecular formula is C9H8BrNO2S. The second-order valence-corrected chi connectivity index (χ2v) is 4.69. The molecule has 3 nitrogen and oxygen atoms in total. The van der Waals surface area contributed by atoms with Crippen LogP contribution in [-0.4, -0.2) is 12.6 Å². The lowest BCUT2D eigenvalue weighted by atomic mass is 10.1. The number of hydrogen-bond donors (Lipinski definition) is 0. The van der Waals surface area contributed by atoms with E-state index in [0.29, 0.717) is 12.2 Å². The topological polar surface area (TPSA) is 50.1 Å². The molecule has 0 saturated carbocycles. The average Bonchev–Trinajstić information content (AvgIpc) is 2.48. The van der Waals surface area contributed by atoms with Crippen LogP contribution in [0.25, 0.3) is 0 Å². The van der Waals surface area contributed by atoms with Crippen LogP contribution in [0.4, 0.5) is 0 Å². The lowest BCUT2D eigenvalue weighted by Gasteiger charge is -2.00. The monoisotopic (exact) mass is 273 g/mol. The van der Waals surface area contributed by atoms with E-state index in [2.05, 4.69) is 15.9 Å². The second kappa shape index (κ2) is 5.13. The highest BCUT2D eigenvalue weighted by molar-refractivity contribution is 9.11. The number of halogens is 1. The van der Waals surface area contributed by atoms with Gasteiger partial charge in [-0.3, -0.25) is 4.79 Å². The highest BCUT2D eigenvalue weighted by atomic mass is 79.9. The molecule has 1 aromatic rings. The van der Waals surface area contributed by atoms with Gasteiger partial charge in [-0.15, -0.1) is 11.3 Å². The van der Waals surface area contributed by atoms with Crippen molar-refractivity contribution in [3.63, 3.8) is 0 Å². The smallest absolute Gasteiger partial charge is 0.310 e. The highest BCUT2D eigenvalue weighted by Gasteiger charge is 2.13. The predicted octanol–water partition coefficient (Wildman–Crippen LogP) is 2.49. The summed E-state index contributed by atoms with van der Waals surface area (Å²) in [6.45, 7) is 2.12. The number of hydrogen-bond acceptors (Lipinski definition) is 4. The van der Waals surface area contributed by atoms with Gasteiger partial charge in [0.2, 0.25) is 0 Å². The lowest BCUT2D eigenvalue weighted by Crippen LogP contribution is -2.07. The van der Waals surface area contributed by atoms with Gasteiger partial charge in [0.25, 0.3) is 0 Å². The number of rotatable bonds is 3. The van der Waals surface area contributed by atoms with Gasteiger partial charge in [-0.05, 0) is 22.9 Å². The number of esters is 1. The Morgan fingerprint density at radius 2 is 2.50 bits per heavy atom. The number of nitrogens with zero attached hydrogens (tertiary/aromatic N) is 1. The van der Waals surface area contributed by atoms with Crippen molar-refractivity contribution in [2.75, 3.05) is 6.61 Å². The molecule has 0 aromatic carbocycles. The van der Waals surface area contributed by atoms with Gasteiger partial charge < -0.3 is 4.74 Å². The lowest BCUT2D eigenvalue weighted by molar-refractivity contribution is -0.142. The molecule has 0 aliphatic heterocycles. The van der Waals surface area contributed by atoms with Crippen LogP contribution in [-0.2, 0) is 16.0 Å². The summed E-state index contributed by atoms with van der Waals surface area (Å²) >= 11 is 4.70. The first-order chi connectivity index (χ1) is 6.69. The summed E-state index contributed by atoms with van der Waals surface area (Å²) in [5.74, 6) is -0.303. The summed E-state index contributed by atoms with van der Waals surface area (Å²) in [5.41, 5.74) is 1.26. The summed E-state index contributed by atoms with van der Waals surface area (Å²) in [5, 5.41) is 10.5. The van der Waals surface area contributed by atoms with E-state index in [9.17, 15) is 4.79 Å². The zero-order valence-corrected chi connectivity index (χ0v) is 9.94. The molecule has 0 spiro atoms. The van der Waals surface area contributed by atoms with Gasteiger partial charge in [0.1, 0.15) is 6.07 Å². The van der Waals surface area contributed by atoms with Crippen molar-refractivity contribution in [1.82, 2.24) is 0 Å². The SMILES string of the molecule is CCOC(=O)Cc1c(C#N)csc1Br. The molecule has 5 heteroatoms. The molecule has 0 saturated heterocycles. The predicted molar refractivity (Wildman–Crippen MR) is 57.1 cm³/mol. The number of ether oxygens (including phenoxy) is 1. The van der Waals surface area contributed by atoms with Crippen LogP contribution in [0.5, 0.6) is 0 Å². The third kappa shape index (κ3) is 2.56. The van der Waals surface area contributed by atoms with Crippen molar-refractivity contribution in [1.29, 1.82) is 5.26 Å². The molecule has 0 unspecified atom stereocenters. The first-order valence-corrected chi connectivity index (χ1v) is 5.67. The standard InChI is InChI=1S/C9H8BrNO2S/c1-2-13-8(12)3-7-6(4-11)5-14-9(7)10/h5H,2-3H2,1H3. The van der Waals surface area contributed by atoms with E-state index in [1.54, 1.807) is 12.3 Å². The van der Waals surface area contributed by atoms with Gasteiger partial charge >= 0.3 is 5.97 Å². The van der Waals surface area contributed by atoms with Gasteiger partial charge in [0, 0.05) is 10.9 Å². The molecule has 0 N–H and O–H groups in total. The van der Waals surface area contributed by atoms with Crippen molar-refractivity contribution >= 4 is 33.2 Å². The number of carbonyl (C=O) groups is 1. The maximum Gasteiger partial charge on any atom is 0.310 e. The Labute approximate surface area is 94.4 Å². The van der Waals surface area contributed by atoms with Gasteiger partial charge in [-0.2, -0.15) is 5.26 Å². The fourth-order valence-corrected chi connectivity index (χ4v) is 2.35. The van der Waals surface area contributed by atoms with E-state index in [1.807, 2.05) is 6.07 Å². The van der Waals surface area contributed by atoms with Crippen LogP contribution in [0, 0.1) is 11.3 Å². The third-order valence-corrected chi connectivity index (χ3v) is 3.44.